The molecule has 4 heteroatoms. The normalized spacial score (nSPS) is 12.4. The van der Waals surface area contributed by atoms with Gasteiger partial charge in [-0.1, -0.05) is 12.1 Å². The predicted octanol–water partition coefficient (Wildman–Crippen LogP) is 1.18. The Morgan fingerprint density at radius 2 is 1.88 bits per heavy atom. The number of nitrogens with zero attached hydrogens (tertiary/aromatic N) is 1. The molecular weight excluding hydrogens is 216 g/mol. The van der Waals surface area contributed by atoms with Crippen molar-refractivity contribution in [2.45, 2.75) is 6.10 Å². The molecule has 17 heavy (non-hydrogen) atoms. The van der Waals surface area contributed by atoms with Crippen LogP contribution in [0.5, 0.6) is 5.75 Å². The highest BCUT2D eigenvalue weighted by Crippen LogP contribution is 2.22. The van der Waals surface area contributed by atoms with Gasteiger partial charge >= 0.3 is 0 Å². The van der Waals surface area contributed by atoms with Gasteiger partial charge in [-0.15, -0.1) is 0 Å². The predicted molar refractivity (Wildman–Crippen MR) is 66.3 cm³/mol. The number of aromatic nitrogens is 1. The molecule has 2 rings (SSSR count). The van der Waals surface area contributed by atoms with Crippen LogP contribution in [0.25, 0.3) is 5.69 Å². The number of hydrogen-bond donors (Lipinski definition) is 2. The van der Waals surface area contributed by atoms with Crippen molar-refractivity contribution in [2.75, 3.05) is 13.2 Å². The van der Waals surface area contributed by atoms with Gasteiger partial charge in [0.25, 0.3) is 0 Å². The molecule has 0 aliphatic carbocycles. The zero-order chi connectivity index (χ0) is 12.1. The fraction of sp³-hybridized carbons (Fsp3) is 0.231. The number of benzene rings is 1. The fourth-order valence-corrected chi connectivity index (χ4v) is 1.54. The van der Waals surface area contributed by atoms with Crippen molar-refractivity contribution >= 4 is 0 Å². The van der Waals surface area contributed by atoms with Crippen molar-refractivity contribution in [2.24, 2.45) is 5.73 Å². The first kappa shape index (κ1) is 11.7. The molecule has 2 aromatic rings. The van der Waals surface area contributed by atoms with Crippen molar-refractivity contribution in [3.63, 3.8) is 0 Å². The molecule has 0 aliphatic heterocycles. The Balaban J connectivity index is 2.17. The van der Waals surface area contributed by atoms with E-state index in [4.69, 9.17) is 10.5 Å². The summed E-state index contributed by atoms with van der Waals surface area (Å²) in [5, 5.41) is 9.38. The molecule has 4 nitrogen and oxygen atoms in total. The molecule has 0 saturated carbocycles. The van der Waals surface area contributed by atoms with E-state index in [0.29, 0.717) is 0 Å². The molecule has 0 radical (unpaired) electrons. The maximum Gasteiger partial charge on any atom is 0.143 e. The molecule has 1 atom stereocenters. The number of rotatable bonds is 5. The summed E-state index contributed by atoms with van der Waals surface area (Å²) in [7, 11) is 0. The zero-order valence-corrected chi connectivity index (χ0v) is 9.49. The van der Waals surface area contributed by atoms with Crippen LogP contribution in [-0.4, -0.2) is 28.9 Å². The summed E-state index contributed by atoms with van der Waals surface area (Å²) in [4.78, 5) is 0. The van der Waals surface area contributed by atoms with E-state index in [1.807, 2.05) is 53.4 Å². The Morgan fingerprint density at radius 1 is 1.18 bits per heavy atom. The average Bonchev–Trinajstić information content (AvgIpc) is 2.90. The summed E-state index contributed by atoms with van der Waals surface area (Å²) in [6.45, 7) is 0.403. The molecule has 0 aliphatic rings. The van der Waals surface area contributed by atoms with Crippen LogP contribution in [0, 0.1) is 0 Å². The van der Waals surface area contributed by atoms with E-state index < -0.39 is 6.10 Å². The Morgan fingerprint density at radius 3 is 2.59 bits per heavy atom. The Hall–Kier alpha value is -1.78. The SMILES string of the molecule is NCC(O)COc1ccccc1-n1cccc1. The van der Waals surface area contributed by atoms with Crippen LogP contribution >= 0.6 is 0 Å². The third-order valence-corrected chi connectivity index (χ3v) is 2.45. The largest absolute Gasteiger partial charge is 0.489 e. The Bertz CT molecular complexity index is 454. The molecule has 1 aromatic heterocycles. The highest BCUT2D eigenvalue weighted by molar-refractivity contribution is 5.46. The maximum atomic E-state index is 9.38. The average molecular weight is 232 g/mol. The van der Waals surface area contributed by atoms with Gasteiger partial charge in [-0.25, -0.2) is 0 Å². The smallest absolute Gasteiger partial charge is 0.143 e. The molecule has 90 valence electrons. The number of ether oxygens (including phenoxy) is 1. The number of aliphatic hydroxyl groups is 1. The third kappa shape index (κ3) is 2.87. The molecule has 1 unspecified atom stereocenters. The molecule has 0 fully saturated rings. The van der Waals surface area contributed by atoms with Crippen LogP contribution < -0.4 is 10.5 Å². The first-order chi connectivity index (χ1) is 8.31. The number of para-hydroxylation sites is 2. The number of aliphatic hydroxyl groups excluding tert-OH is 1. The van der Waals surface area contributed by atoms with Crippen LogP contribution in [0.15, 0.2) is 48.8 Å². The molecule has 0 saturated heterocycles. The second kappa shape index (κ2) is 5.52. The van der Waals surface area contributed by atoms with Crippen molar-refractivity contribution in [1.29, 1.82) is 0 Å². The molecule has 1 aromatic carbocycles. The van der Waals surface area contributed by atoms with Crippen molar-refractivity contribution in [3.8, 4) is 11.4 Å². The van der Waals surface area contributed by atoms with E-state index >= 15 is 0 Å². The first-order valence-corrected chi connectivity index (χ1v) is 5.54. The first-order valence-electron chi connectivity index (χ1n) is 5.54. The summed E-state index contributed by atoms with van der Waals surface area (Å²) in [5.74, 6) is 0.733. The van der Waals surface area contributed by atoms with E-state index in [2.05, 4.69) is 0 Å². The monoisotopic (exact) mass is 232 g/mol. The van der Waals surface area contributed by atoms with Gasteiger partial charge in [0.2, 0.25) is 0 Å². The second-order valence-electron chi connectivity index (χ2n) is 3.76. The van der Waals surface area contributed by atoms with E-state index in [9.17, 15) is 5.11 Å². The maximum absolute atomic E-state index is 9.38. The van der Waals surface area contributed by atoms with Gasteiger partial charge in [-0.3, -0.25) is 0 Å². The van der Waals surface area contributed by atoms with E-state index in [1.54, 1.807) is 0 Å². The van der Waals surface area contributed by atoms with Crippen LogP contribution in [0.1, 0.15) is 0 Å². The summed E-state index contributed by atoms with van der Waals surface area (Å²) in [6, 6.07) is 11.6. The summed E-state index contributed by atoms with van der Waals surface area (Å²) in [6.07, 6.45) is 3.26. The lowest BCUT2D eigenvalue weighted by atomic mass is 10.3. The van der Waals surface area contributed by atoms with Crippen molar-refractivity contribution in [3.05, 3.63) is 48.8 Å². The van der Waals surface area contributed by atoms with Crippen molar-refractivity contribution in [1.82, 2.24) is 4.57 Å². The van der Waals surface area contributed by atoms with Gasteiger partial charge < -0.3 is 20.1 Å². The molecule has 0 amide bonds. The van der Waals surface area contributed by atoms with Crippen LogP contribution in [0.3, 0.4) is 0 Å². The molecular formula is C13H16N2O2. The second-order valence-corrected chi connectivity index (χ2v) is 3.76. The van der Waals surface area contributed by atoms with E-state index in [1.165, 1.54) is 0 Å². The van der Waals surface area contributed by atoms with Gasteiger partial charge in [0.1, 0.15) is 18.5 Å². The lowest BCUT2D eigenvalue weighted by Gasteiger charge is -2.14. The van der Waals surface area contributed by atoms with Crippen LogP contribution in [0.4, 0.5) is 0 Å². The highest BCUT2D eigenvalue weighted by Gasteiger charge is 2.07. The Kier molecular flexibility index (Phi) is 3.80. The number of hydrogen-bond acceptors (Lipinski definition) is 3. The molecule has 1 heterocycles. The highest BCUT2D eigenvalue weighted by atomic mass is 16.5. The minimum Gasteiger partial charge on any atom is -0.489 e. The van der Waals surface area contributed by atoms with Gasteiger partial charge in [-0.05, 0) is 24.3 Å². The zero-order valence-electron chi connectivity index (χ0n) is 9.49. The third-order valence-electron chi connectivity index (χ3n) is 2.45. The fourth-order valence-electron chi connectivity index (χ4n) is 1.54. The van der Waals surface area contributed by atoms with Crippen LogP contribution in [-0.2, 0) is 0 Å². The molecule has 0 bridgehead atoms. The topological polar surface area (TPSA) is 60.4 Å². The minimum absolute atomic E-state index is 0.200. The minimum atomic E-state index is -0.632. The quantitative estimate of drug-likeness (QED) is 0.813. The van der Waals surface area contributed by atoms with Gasteiger partial charge in [0.05, 0.1) is 5.69 Å². The standard InChI is InChI=1S/C13H16N2O2/c14-9-11(16)10-17-13-6-2-1-5-12(13)15-7-3-4-8-15/h1-8,11,16H,9-10,14H2. The van der Waals surface area contributed by atoms with Gasteiger partial charge in [0.15, 0.2) is 0 Å². The lowest BCUT2D eigenvalue weighted by Crippen LogP contribution is -2.26. The van der Waals surface area contributed by atoms with Crippen molar-refractivity contribution < 1.29 is 9.84 Å². The van der Waals surface area contributed by atoms with Gasteiger partial charge in [0, 0.05) is 18.9 Å². The molecule has 0 spiro atoms. The van der Waals surface area contributed by atoms with E-state index in [0.717, 1.165) is 11.4 Å². The molecule has 3 N–H and O–H groups in total. The van der Waals surface area contributed by atoms with E-state index in [-0.39, 0.29) is 13.2 Å². The van der Waals surface area contributed by atoms with Crippen LogP contribution in [0.2, 0.25) is 0 Å². The Labute approximate surface area is 100 Å². The lowest BCUT2D eigenvalue weighted by molar-refractivity contribution is 0.114. The summed E-state index contributed by atoms with van der Waals surface area (Å²) in [5.41, 5.74) is 6.28. The summed E-state index contributed by atoms with van der Waals surface area (Å²) < 4.78 is 7.53. The summed E-state index contributed by atoms with van der Waals surface area (Å²) >= 11 is 0. The number of nitrogens with two attached hydrogens (primary N) is 1. The van der Waals surface area contributed by atoms with Gasteiger partial charge in [-0.2, -0.15) is 0 Å².